The summed E-state index contributed by atoms with van der Waals surface area (Å²) in [4.78, 5) is 48.6. The standard InChI is InChI=1S/C27H41NO8/c1-17(2)12-24(29)34-11-10-28-21(27(32)33-7)15-20-8-9-22(35-25(30)13-18(3)4)23(16-20)36-26(31)14-19(5)6/h8-9,16-19,21,28H,10-15H2,1-7H3/t21-/m0/s1. The highest BCUT2D eigenvalue weighted by atomic mass is 16.6. The quantitative estimate of drug-likeness (QED) is 0.215. The van der Waals surface area contributed by atoms with Gasteiger partial charge < -0.3 is 24.3 Å². The van der Waals surface area contributed by atoms with E-state index in [9.17, 15) is 19.2 Å². The van der Waals surface area contributed by atoms with Gasteiger partial charge in [0.05, 0.1) is 7.11 Å². The first kappa shape index (κ1) is 31.1. The van der Waals surface area contributed by atoms with E-state index in [2.05, 4.69) is 5.32 Å². The van der Waals surface area contributed by atoms with Crippen LogP contribution in [0, 0.1) is 17.8 Å². The first-order valence-electron chi connectivity index (χ1n) is 12.4. The second-order valence-electron chi connectivity index (χ2n) is 9.98. The van der Waals surface area contributed by atoms with Crippen LogP contribution in [0.4, 0.5) is 0 Å². The molecule has 0 aromatic heterocycles. The Kier molecular flexibility index (Phi) is 13.8. The summed E-state index contributed by atoms with van der Waals surface area (Å²) in [7, 11) is 1.29. The molecule has 1 aromatic carbocycles. The zero-order valence-corrected chi connectivity index (χ0v) is 22.6. The fourth-order valence-electron chi connectivity index (χ4n) is 3.25. The van der Waals surface area contributed by atoms with Crippen LogP contribution in [0.1, 0.15) is 66.4 Å². The lowest BCUT2D eigenvalue weighted by atomic mass is 10.0. The zero-order valence-electron chi connectivity index (χ0n) is 22.6. The van der Waals surface area contributed by atoms with Gasteiger partial charge in [-0.2, -0.15) is 0 Å². The van der Waals surface area contributed by atoms with Gasteiger partial charge in [0.1, 0.15) is 12.6 Å². The van der Waals surface area contributed by atoms with Crippen LogP contribution in [-0.4, -0.2) is 50.2 Å². The molecule has 0 bridgehead atoms. The van der Waals surface area contributed by atoms with Crippen LogP contribution in [-0.2, 0) is 35.1 Å². The lowest BCUT2D eigenvalue weighted by Gasteiger charge is -2.18. The normalized spacial score (nSPS) is 11.9. The third kappa shape index (κ3) is 12.7. The number of rotatable bonds is 15. The lowest BCUT2D eigenvalue weighted by molar-refractivity contribution is -0.144. The first-order valence-corrected chi connectivity index (χ1v) is 12.4. The minimum atomic E-state index is -0.729. The van der Waals surface area contributed by atoms with Gasteiger partial charge in [0.25, 0.3) is 0 Å². The van der Waals surface area contributed by atoms with Gasteiger partial charge in [-0.3, -0.25) is 19.2 Å². The first-order chi connectivity index (χ1) is 16.9. The minimum absolute atomic E-state index is 0.0927. The summed E-state index contributed by atoms with van der Waals surface area (Å²) >= 11 is 0. The Morgan fingerprint density at radius 2 is 1.31 bits per heavy atom. The Labute approximate surface area is 214 Å². The zero-order chi connectivity index (χ0) is 27.3. The predicted molar refractivity (Wildman–Crippen MR) is 135 cm³/mol. The van der Waals surface area contributed by atoms with Gasteiger partial charge in [0, 0.05) is 25.8 Å². The molecule has 1 rings (SSSR count). The molecule has 1 N–H and O–H groups in total. The second-order valence-corrected chi connectivity index (χ2v) is 9.98. The summed E-state index contributed by atoms with van der Waals surface area (Å²) in [5.41, 5.74) is 0.658. The lowest BCUT2D eigenvalue weighted by Crippen LogP contribution is -2.41. The van der Waals surface area contributed by atoms with Gasteiger partial charge >= 0.3 is 23.9 Å². The summed E-state index contributed by atoms with van der Waals surface area (Å²) in [5.74, 6) is -1.01. The number of carbonyl (C=O) groups is 4. The van der Waals surface area contributed by atoms with Crippen molar-refractivity contribution in [2.75, 3.05) is 20.3 Å². The molecule has 9 heteroatoms. The molecule has 0 heterocycles. The van der Waals surface area contributed by atoms with E-state index in [1.165, 1.54) is 7.11 Å². The van der Waals surface area contributed by atoms with Crippen molar-refractivity contribution in [1.29, 1.82) is 0 Å². The number of hydrogen-bond donors (Lipinski definition) is 1. The Balaban J connectivity index is 2.98. The molecule has 0 spiro atoms. The van der Waals surface area contributed by atoms with Crippen LogP contribution in [0.15, 0.2) is 18.2 Å². The highest BCUT2D eigenvalue weighted by molar-refractivity contribution is 5.77. The molecular formula is C27H41NO8. The topological polar surface area (TPSA) is 117 Å². The number of carbonyl (C=O) groups excluding carboxylic acids is 4. The highest BCUT2D eigenvalue weighted by Crippen LogP contribution is 2.30. The van der Waals surface area contributed by atoms with Crippen LogP contribution >= 0.6 is 0 Å². The van der Waals surface area contributed by atoms with E-state index in [-0.39, 0.29) is 67.6 Å². The molecule has 9 nitrogen and oxygen atoms in total. The largest absolute Gasteiger partial charge is 0.468 e. The Bertz CT molecular complexity index is 879. The average molecular weight is 508 g/mol. The maximum absolute atomic E-state index is 12.3. The highest BCUT2D eigenvalue weighted by Gasteiger charge is 2.22. The molecule has 36 heavy (non-hydrogen) atoms. The molecule has 0 fully saturated rings. The smallest absolute Gasteiger partial charge is 0.323 e. The van der Waals surface area contributed by atoms with Crippen molar-refractivity contribution in [2.45, 2.75) is 73.3 Å². The van der Waals surface area contributed by atoms with Crippen molar-refractivity contribution in [3.63, 3.8) is 0 Å². The summed E-state index contributed by atoms with van der Waals surface area (Å²) in [6.45, 7) is 11.8. The summed E-state index contributed by atoms with van der Waals surface area (Å²) in [6, 6.07) is 4.09. The van der Waals surface area contributed by atoms with Crippen molar-refractivity contribution in [3.05, 3.63) is 23.8 Å². The molecule has 0 aliphatic rings. The fourth-order valence-corrected chi connectivity index (χ4v) is 3.25. The van der Waals surface area contributed by atoms with E-state index in [0.717, 1.165) is 0 Å². The second kappa shape index (κ2) is 15.9. The maximum Gasteiger partial charge on any atom is 0.323 e. The van der Waals surface area contributed by atoms with Crippen LogP contribution in [0.3, 0.4) is 0 Å². The molecule has 0 aliphatic heterocycles. The van der Waals surface area contributed by atoms with Crippen LogP contribution in [0.2, 0.25) is 0 Å². The van der Waals surface area contributed by atoms with E-state index < -0.39 is 23.9 Å². The summed E-state index contributed by atoms with van der Waals surface area (Å²) in [5, 5.41) is 3.04. The van der Waals surface area contributed by atoms with Crippen LogP contribution < -0.4 is 14.8 Å². The van der Waals surface area contributed by atoms with Crippen molar-refractivity contribution >= 4 is 23.9 Å². The van der Waals surface area contributed by atoms with Gasteiger partial charge in [0.15, 0.2) is 11.5 Å². The summed E-state index contributed by atoms with van der Waals surface area (Å²) in [6.07, 6.45) is 0.955. The number of ether oxygens (including phenoxy) is 4. The molecule has 0 saturated heterocycles. The van der Waals surface area contributed by atoms with Crippen molar-refractivity contribution in [2.24, 2.45) is 17.8 Å². The summed E-state index contributed by atoms with van der Waals surface area (Å²) < 4.78 is 21.1. The molecule has 1 aromatic rings. The molecule has 0 aliphatic carbocycles. The Morgan fingerprint density at radius 3 is 1.83 bits per heavy atom. The molecular weight excluding hydrogens is 466 g/mol. The average Bonchev–Trinajstić information content (AvgIpc) is 2.75. The van der Waals surface area contributed by atoms with E-state index in [4.69, 9.17) is 18.9 Å². The van der Waals surface area contributed by atoms with Crippen molar-refractivity contribution < 1.29 is 38.1 Å². The monoisotopic (exact) mass is 507 g/mol. The van der Waals surface area contributed by atoms with Crippen molar-refractivity contribution in [3.8, 4) is 11.5 Å². The van der Waals surface area contributed by atoms with Crippen molar-refractivity contribution in [1.82, 2.24) is 5.32 Å². The number of benzene rings is 1. The number of hydrogen-bond acceptors (Lipinski definition) is 9. The molecule has 0 saturated carbocycles. The van der Waals surface area contributed by atoms with Crippen LogP contribution in [0.5, 0.6) is 11.5 Å². The molecule has 1 atom stereocenters. The van der Waals surface area contributed by atoms with Crippen LogP contribution in [0.25, 0.3) is 0 Å². The SMILES string of the molecule is COC(=O)[C@H](Cc1ccc(OC(=O)CC(C)C)c(OC(=O)CC(C)C)c1)NCCOC(=O)CC(C)C. The maximum atomic E-state index is 12.3. The number of esters is 4. The van der Waals surface area contributed by atoms with Gasteiger partial charge in [-0.15, -0.1) is 0 Å². The van der Waals surface area contributed by atoms with Gasteiger partial charge in [-0.25, -0.2) is 0 Å². The third-order valence-corrected chi connectivity index (χ3v) is 4.86. The molecule has 0 amide bonds. The Hall–Kier alpha value is -2.94. The van der Waals surface area contributed by atoms with E-state index in [1.54, 1.807) is 18.2 Å². The molecule has 0 radical (unpaired) electrons. The number of methoxy groups -OCH3 is 1. The fraction of sp³-hybridized carbons (Fsp3) is 0.630. The van der Waals surface area contributed by atoms with E-state index >= 15 is 0 Å². The molecule has 202 valence electrons. The van der Waals surface area contributed by atoms with E-state index in [1.807, 2.05) is 41.5 Å². The van der Waals surface area contributed by atoms with Gasteiger partial charge in [-0.1, -0.05) is 47.6 Å². The van der Waals surface area contributed by atoms with Gasteiger partial charge in [-0.05, 0) is 41.9 Å². The number of nitrogens with one attached hydrogen (secondary N) is 1. The van der Waals surface area contributed by atoms with Gasteiger partial charge in [0.2, 0.25) is 0 Å². The third-order valence-electron chi connectivity index (χ3n) is 4.86. The Morgan fingerprint density at radius 1 is 0.778 bits per heavy atom. The predicted octanol–water partition coefficient (Wildman–Crippen LogP) is 3.85. The van der Waals surface area contributed by atoms with E-state index in [0.29, 0.717) is 12.0 Å². The minimum Gasteiger partial charge on any atom is -0.468 e. The molecule has 0 unspecified atom stereocenters.